The molecule has 0 fully saturated rings. The summed E-state index contributed by atoms with van der Waals surface area (Å²) in [6.45, 7) is 1.82. The number of pyridine rings is 1. The molecule has 0 atom stereocenters. The number of aryl methyl sites for hydroxylation is 1. The summed E-state index contributed by atoms with van der Waals surface area (Å²) in [5.74, 6) is -0.397. The maximum Gasteiger partial charge on any atom is 0.145 e. The number of halogens is 1. The number of rotatable bonds is 1. The zero-order valence-electron chi connectivity index (χ0n) is 6.13. The Kier molecular flexibility index (Phi) is 2.17. The first-order valence-corrected chi connectivity index (χ1v) is 3.32. The fraction of sp³-hybridized carbons (Fsp3) is 0.250. The molecule has 0 aliphatic rings. The van der Waals surface area contributed by atoms with E-state index in [1.165, 1.54) is 12.3 Å². The van der Waals surface area contributed by atoms with Crippen LogP contribution in [0.5, 0.6) is 0 Å². The van der Waals surface area contributed by atoms with Crippen LogP contribution in [0.1, 0.15) is 18.2 Å². The third-order valence-corrected chi connectivity index (χ3v) is 1.38. The van der Waals surface area contributed by atoms with E-state index in [0.29, 0.717) is 12.1 Å². The van der Waals surface area contributed by atoms with Crippen LogP contribution in [-0.4, -0.2) is 4.98 Å². The van der Waals surface area contributed by atoms with Crippen LogP contribution in [0.4, 0.5) is 4.39 Å². The van der Waals surface area contributed by atoms with Crippen molar-refractivity contribution in [3.8, 4) is 6.07 Å². The maximum absolute atomic E-state index is 12.8. The van der Waals surface area contributed by atoms with Gasteiger partial charge in [0.2, 0.25) is 0 Å². The van der Waals surface area contributed by atoms with Crippen LogP contribution in [0.3, 0.4) is 0 Å². The molecule has 3 heteroatoms. The van der Waals surface area contributed by atoms with Gasteiger partial charge in [-0.3, -0.25) is 4.98 Å². The highest BCUT2D eigenvalue weighted by molar-refractivity contribution is 5.27. The lowest BCUT2D eigenvalue weighted by molar-refractivity contribution is 0.601. The third-order valence-electron chi connectivity index (χ3n) is 1.38. The van der Waals surface area contributed by atoms with E-state index in [2.05, 4.69) is 4.98 Å². The molecule has 0 saturated carbocycles. The van der Waals surface area contributed by atoms with Gasteiger partial charge in [0.05, 0.1) is 11.3 Å². The molecule has 1 aromatic rings. The number of hydrogen-bond donors (Lipinski definition) is 0. The van der Waals surface area contributed by atoms with E-state index in [0.717, 1.165) is 0 Å². The molecule has 0 bridgehead atoms. The van der Waals surface area contributed by atoms with E-state index in [4.69, 9.17) is 5.26 Å². The Bertz CT molecular complexity index is 301. The van der Waals surface area contributed by atoms with E-state index >= 15 is 0 Å². The average molecular weight is 150 g/mol. The van der Waals surface area contributed by atoms with Crippen molar-refractivity contribution in [2.24, 2.45) is 0 Å². The van der Waals surface area contributed by atoms with Gasteiger partial charge < -0.3 is 0 Å². The summed E-state index contributed by atoms with van der Waals surface area (Å²) < 4.78 is 12.8. The molecule has 0 aliphatic carbocycles. The van der Waals surface area contributed by atoms with Crippen molar-refractivity contribution in [2.45, 2.75) is 13.3 Å². The fourth-order valence-electron chi connectivity index (χ4n) is 0.788. The molecule has 0 unspecified atom stereocenters. The van der Waals surface area contributed by atoms with Gasteiger partial charge in [-0.05, 0) is 12.5 Å². The van der Waals surface area contributed by atoms with Crippen molar-refractivity contribution < 1.29 is 4.39 Å². The molecule has 2 nitrogen and oxygen atoms in total. The lowest BCUT2D eigenvalue weighted by atomic mass is 10.2. The fourth-order valence-corrected chi connectivity index (χ4v) is 0.788. The Labute approximate surface area is 64.3 Å². The summed E-state index contributed by atoms with van der Waals surface area (Å²) in [6.07, 6.45) is 1.93. The Morgan fingerprint density at radius 3 is 2.91 bits per heavy atom. The Balaban J connectivity index is 3.12. The summed E-state index contributed by atoms with van der Waals surface area (Å²) in [4.78, 5) is 3.77. The molecule has 0 radical (unpaired) electrons. The summed E-state index contributed by atoms with van der Waals surface area (Å²) in [6, 6.07) is 3.02. The maximum atomic E-state index is 12.8. The van der Waals surface area contributed by atoms with Gasteiger partial charge in [-0.25, -0.2) is 4.39 Å². The van der Waals surface area contributed by atoms with Gasteiger partial charge >= 0.3 is 0 Å². The lowest BCUT2D eigenvalue weighted by Crippen LogP contribution is -1.93. The summed E-state index contributed by atoms with van der Waals surface area (Å²) in [7, 11) is 0. The van der Waals surface area contributed by atoms with Gasteiger partial charge in [0.25, 0.3) is 0 Å². The second-order valence-electron chi connectivity index (χ2n) is 2.12. The van der Waals surface area contributed by atoms with Crippen molar-refractivity contribution >= 4 is 0 Å². The first-order chi connectivity index (χ1) is 5.27. The minimum atomic E-state index is -0.397. The van der Waals surface area contributed by atoms with Gasteiger partial charge in [0.1, 0.15) is 11.9 Å². The SMILES string of the molecule is CCc1ncc(C#N)cc1F. The summed E-state index contributed by atoms with van der Waals surface area (Å²) >= 11 is 0. The molecular weight excluding hydrogens is 143 g/mol. The Hall–Kier alpha value is -1.43. The van der Waals surface area contributed by atoms with Gasteiger partial charge in [0, 0.05) is 6.20 Å². The van der Waals surface area contributed by atoms with Crippen molar-refractivity contribution in [1.29, 1.82) is 5.26 Å². The second kappa shape index (κ2) is 3.11. The molecule has 0 spiro atoms. The predicted molar refractivity (Wildman–Crippen MR) is 38.3 cm³/mol. The summed E-state index contributed by atoms with van der Waals surface area (Å²) in [5.41, 5.74) is 0.670. The van der Waals surface area contributed by atoms with Crippen molar-refractivity contribution in [1.82, 2.24) is 4.98 Å². The van der Waals surface area contributed by atoms with E-state index in [-0.39, 0.29) is 5.56 Å². The van der Waals surface area contributed by atoms with Crippen LogP contribution in [0, 0.1) is 17.1 Å². The first kappa shape index (κ1) is 7.67. The van der Waals surface area contributed by atoms with E-state index in [1.807, 2.05) is 13.0 Å². The van der Waals surface area contributed by atoms with Gasteiger partial charge in [-0.1, -0.05) is 6.92 Å². The topological polar surface area (TPSA) is 36.7 Å². The van der Waals surface area contributed by atoms with E-state index in [1.54, 1.807) is 0 Å². The zero-order valence-corrected chi connectivity index (χ0v) is 6.13. The van der Waals surface area contributed by atoms with Crippen LogP contribution in [-0.2, 0) is 6.42 Å². The molecule has 0 N–H and O–H groups in total. The quantitative estimate of drug-likeness (QED) is 0.610. The van der Waals surface area contributed by atoms with Crippen LogP contribution < -0.4 is 0 Å². The highest BCUT2D eigenvalue weighted by atomic mass is 19.1. The molecule has 1 rings (SSSR count). The molecular formula is C8H7FN2. The van der Waals surface area contributed by atoms with Crippen molar-refractivity contribution in [3.63, 3.8) is 0 Å². The van der Waals surface area contributed by atoms with Gasteiger partial charge in [0.15, 0.2) is 0 Å². The number of aromatic nitrogens is 1. The van der Waals surface area contributed by atoms with Crippen molar-refractivity contribution in [2.75, 3.05) is 0 Å². The van der Waals surface area contributed by atoms with Gasteiger partial charge in [-0.15, -0.1) is 0 Å². The zero-order chi connectivity index (χ0) is 8.27. The van der Waals surface area contributed by atoms with Crippen LogP contribution >= 0.6 is 0 Å². The molecule has 0 aliphatic heterocycles. The molecule has 1 heterocycles. The largest absolute Gasteiger partial charge is 0.257 e. The van der Waals surface area contributed by atoms with E-state index in [9.17, 15) is 4.39 Å². The minimum Gasteiger partial charge on any atom is -0.257 e. The Morgan fingerprint density at radius 2 is 2.45 bits per heavy atom. The predicted octanol–water partition coefficient (Wildman–Crippen LogP) is 1.65. The molecule has 11 heavy (non-hydrogen) atoms. The van der Waals surface area contributed by atoms with E-state index < -0.39 is 5.82 Å². The smallest absolute Gasteiger partial charge is 0.145 e. The van der Waals surface area contributed by atoms with Crippen LogP contribution in [0.15, 0.2) is 12.3 Å². The second-order valence-corrected chi connectivity index (χ2v) is 2.12. The van der Waals surface area contributed by atoms with Gasteiger partial charge in [-0.2, -0.15) is 5.26 Å². The number of hydrogen-bond acceptors (Lipinski definition) is 2. The standard InChI is InChI=1S/C8H7FN2/c1-2-8-7(9)3-6(4-10)5-11-8/h3,5H,2H2,1H3. The molecule has 56 valence electrons. The molecule has 0 aromatic carbocycles. The highest BCUT2D eigenvalue weighted by Gasteiger charge is 2.01. The highest BCUT2D eigenvalue weighted by Crippen LogP contribution is 2.06. The lowest BCUT2D eigenvalue weighted by Gasteiger charge is -1.96. The summed E-state index contributed by atoms with van der Waals surface area (Å²) in [5, 5.41) is 8.37. The number of nitriles is 1. The van der Waals surface area contributed by atoms with Crippen molar-refractivity contribution in [3.05, 3.63) is 29.3 Å². The average Bonchev–Trinajstić information content (AvgIpc) is 2.04. The minimum absolute atomic E-state index is 0.264. The molecule has 1 aromatic heterocycles. The molecule has 0 saturated heterocycles. The monoisotopic (exact) mass is 150 g/mol. The third kappa shape index (κ3) is 1.53. The normalized spacial score (nSPS) is 9.18. The Morgan fingerprint density at radius 1 is 1.73 bits per heavy atom. The molecule has 0 amide bonds. The van der Waals surface area contributed by atoms with Crippen LogP contribution in [0.2, 0.25) is 0 Å². The first-order valence-electron chi connectivity index (χ1n) is 3.32. The number of nitrogens with zero attached hydrogens (tertiary/aromatic N) is 2. The van der Waals surface area contributed by atoms with Crippen LogP contribution in [0.25, 0.3) is 0 Å².